The summed E-state index contributed by atoms with van der Waals surface area (Å²) in [6.45, 7) is 6.08. The molecule has 0 bridgehead atoms. The first-order chi connectivity index (χ1) is 6.94. The SMILES string of the molecule is CC(N)CC(C)NC(=O)C1(C)CCCC1. The fraction of sp³-hybridized carbons (Fsp3) is 0.917. The monoisotopic (exact) mass is 212 g/mol. The standard InChI is InChI=1S/C12H24N2O/c1-9(13)8-10(2)14-11(15)12(3)6-4-5-7-12/h9-10H,4-8,13H2,1-3H3,(H,14,15). The smallest absolute Gasteiger partial charge is 0.226 e. The van der Waals surface area contributed by atoms with Gasteiger partial charge in [-0.05, 0) is 33.1 Å². The summed E-state index contributed by atoms with van der Waals surface area (Å²) < 4.78 is 0. The van der Waals surface area contributed by atoms with Gasteiger partial charge in [-0.15, -0.1) is 0 Å². The predicted molar refractivity (Wildman–Crippen MR) is 62.4 cm³/mol. The molecule has 0 saturated heterocycles. The highest BCUT2D eigenvalue weighted by Crippen LogP contribution is 2.37. The molecule has 1 rings (SSSR count). The van der Waals surface area contributed by atoms with Crippen LogP contribution in [0.1, 0.15) is 52.9 Å². The maximum atomic E-state index is 12.0. The summed E-state index contributed by atoms with van der Waals surface area (Å²) in [5.41, 5.74) is 5.59. The third-order valence-corrected chi connectivity index (χ3v) is 3.36. The molecule has 1 saturated carbocycles. The Kier molecular flexibility index (Phi) is 4.14. The van der Waals surface area contributed by atoms with Crippen molar-refractivity contribution in [3.05, 3.63) is 0 Å². The van der Waals surface area contributed by atoms with Gasteiger partial charge in [0.2, 0.25) is 5.91 Å². The van der Waals surface area contributed by atoms with Crippen LogP contribution >= 0.6 is 0 Å². The van der Waals surface area contributed by atoms with E-state index in [9.17, 15) is 4.79 Å². The van der Waals surface area contributed by atoms with Crippen molar-refractivity contribution in [3.63, 3.8) is 0 Å². The molecule has 1 aliphatic carbocycles. The van der Waals surface area contributed by atoms with E-state index in [1.165, 1.54) is 12.8 Å². The number of carbonyl (C=O) groups is 1. The molecule has 1 fully saturated rings. The molecule has 1 aliphatic rings. The molecule has 0 aromatic rings. The number of hydrogen-bond acceptors (Lipinski definition) is 2. The molecule has 2 unspecified atom stereocenters. The van der Waals surface area contributed by atoms with E-state index in [1.807, 2.05) is 13.8 Å². The van der Waals surface area contributed by atoms with Crippen LogP contribution in [0.3, 0.4) is 0 Å². The summed E-state index contributed by atoms with van der Waals surface area (Å²) >= 11 is 0. The second-order valence-corrected chi connectivity index (χ2v) is 5.36. The highest BCUT2D eigenvalue weighted by Gasteiger charge is 2.36. The van der Waals surface area contributed by atoms with Crippen molar-refractivity contribution in [2.75, 3.05) is 0 Å². The zero-order chi connectivity index (χ0) is 11.5. The van der Waals surface area contributed by atoms with Crippen molar-refractivity contribution in [2.45, 2.75) is 65.0 Å². The minimum Gasteiger partial charge on any atom is -0.353 e. The fourth-order valence-electron chi connectivity index (χ4n) is 2.40. The normalized spacial score (nSPS) is 23.5. The molecule has 0 aromatic heterocycles. The summed E-state index contributed by atoms with van der Waals surface area (Å²) in [6.07, 6.45) is 5.28. The summed E-state index contributed by atoms with van der Waals surface area (Å²) in [5, 5.41) is 3.07. The van der Waals surface area contributed by atoms with Crippen LogP contribution in [0.2, 0.25) is 0 Å². The Hall–Kier alpha value is -0.570. The first kappa shape index (κ1) is 12.5. The Morgan fingerprint density at radius 1 is 1.40 bits per heavy atom. The lowest BCUT2D eigenvalue weighted by atomic mass is 9.87. The van der Waals surface area contributed by atoms with E-state index >= 15 is 0 Å². The maximum Gasteiger partial charge on any atom is 0.226 e. The van der Waals surface area contributed by atoms with Crippen LogP contribution in [-0.2, 0) is 4.79 Å². The number of rotatable bonds is 4. The van der Waals surface area contributed by atoms with Crippen molar-refractivity contribution < 1.29 is 4.79 Å². The Balaban J connectivity index is 2.40. The first-order valence-corrected chi connectivity index (χ1v) is 6.00. The second kappa shape index (κ2) is 4.97. The summed E-state index contributed by atoms with van der Waals surface area (Å²) in [4.78, 5) is 12.0. The molecule has 0 aliphatic heterocycles. The van der Waals surface area contributed by atoms with Crippen LogP contribution in [0.25, 0.3) is 0 Å². The van der Waals surface area contributed by atoms with Crippen LogP contribution in [0.5, 0.6) is 0 Å². The van der Waals surface area contributed by atoms with Gasteiger partial charge in [0, 0.05) is 17.5 Å². The lowest BCUT2D eigenvalue weighted by molar-refractivity contribution is -0.130. The van der Waals surface area contributed by atoms with Crippen LogP contribution < -0.4 is 11.1 Å². The molecular formula is C12H24N2O. The minimum absolute atomic E-state index is 0.119. The second-order valence-electron chi connectivity index (χ2n) is 5.36. The number of amides is 1. The molecule has 15 heavy (non-hydrogen) atoms. The number of hydrogen-bond donors (Lipinski definition) is 2. The van der Waals surface area contributed by atoms with Crippen molar-refractivity contribution in [1.29, 1.82) is 0 Å². The summed E-state index contributed by atoms with van der Waals surface area (Å²) in [7, 11) is 0. The molecule has 0 aromatic carbocycles. The van der Waals surface area contributed by atoms with Gasteiger partial charge in [0.05, 0.1) is 0 Å². The number of nitrogens with one attached hydrogen (secondary N) is 1. The number of nitrogens with two attached hydrogens (primary N) is 1. The van der Waals surface area contributed by atoms with E-state index in [0.29, 0.717) is 0 Å². The third kappa shape index (κ3) is 3.49. The molecule has 3 nitrogen and oxygen atoms in total. The zero-order valence-electron chi connectivity index (χ0n) is 10.2. The van der Waals surface area contributed by atoms with Gasteiger partial charge >= 0.3 is 0 Å². The van der Waals surface area contributed by atoms with Crippen molar-refractivity contribution in [1.82, 2.24) is 5.32 Å². The molecule has 3 N–H and O–H groups in total. The van der Waals surface area contributed by atoms with E-state index in [0.717, 1.165) is 19.3 Å². The van der Waals surface area contributed by atoms with Crippen molar-refractivity contribution in [3.8, 4) is 0 Å². The number of carbonyl (C=O) groups excluding carboxylic acids is 1. The maximum absolute atomic E-state index is 12.0. The molecule has 3 heteroatoms. The third-order valence-electron chi connectivity index (χ3n) is 3.36. The van der Waals surface area contributed by atoms with Gasteiger partial charge in [-0.2, -0.15) is 0 Å². The molecule has 2 atom stereocenters. The minimum atomic E-state index is -0.119. The van der Waals surface area contributed by atoms with Gasteiger partial charge in [0.25, 0.3) is 0 Å². The Morgan fingerprint density at radius 3 is 2.40 bits per heavy atom. The van der Waals surface area contributed by atoms with E-state index in [-0.39, 0.29) is 23.4 Å². The van der Waals surface area contributed by atoms with Gasteiger partial charge in [-0.25, -0.2) is 0 Å². The van der Waals surface area contributed by atoms with Crippen LogP contribution in [0.15, 0.2) is 0 Å². The van der Waals surface area contributed by atoms with Crippen LogP contribution in [-0.4, -0.2) is 18.0 Å². The van der Waals surface area contributed by atoms with Gasteiger partial charge in [0.1, 0.15) is 0 Å². The lowest BCUT2D eigenvalue weighted by Crippen LogP contribution is -2.43. The highest BCUT2D eigenvalue weighted by molar-refractivity contribution is 5.82. The van der Waals surface area contributed by atoms with Gasteiger partial charge in [-0.3, -0.25) is 4.79 Å². The van der Waals surface area contributed by atoms with Crippen LogP contribution in [0, 0.1) is 5.41 Å². The molecule has 0 spiro atoms. The topological polar surface area (TPSA) is 55.1 Å². The van der Waals surface area contributed by atoms with Gasteiger partial charge in [0.15, 0.2) is 0 Å². The van der Waals surface area contributed by atoms with Crippen molar-refractivity contribution in [2.24, 2.45) is 11.1 Å². The van der Waals surface area contributed by atoms with Gasteiger partial charge in [-0.1, -0.05) is 19.8 Å². The molecule has 88 valence electrons. The predicted octanol–water partition coefficient (Wildman–Crippen LogP) is 1.81. The quantitative estimate of drug-likeness (QED) is 0.746. The molecule has 0 heterocycles. The van der Waals surface area contributed by atoms with E-state index < -0.39 is 0 Å². The van der Waals surface area contributed by atoms with E-state index in [1.54, 1.807) is 0 Å². The molecule has 0 radical (unpaired) electrons. The van der Waals surface area contributed by atoms with Gasteiger partial charge < -0.3 is 11.1 Å². The van der Waals surface area contributed by atoms with E-state index in [4.69, 9.17) is 5.73 Å². The Labute approximate surface area is 92.8 Å². The summed E-state index contributed by atoms with van der Waals surface area (Å²) in [5.74, 6) is 0.216. The molecular weight excluding hydrogens is 188 g/mol. The largest absolute Gasteiger partial charge is 0.353 e. The first-order valence-electron chi connectivity index (χ1n) is 6.00. The summed E-state index contributed by atoms with van der Waals surface area (Å²) in [6, 6.07) is 0.339. The average Bonchev–Trinajstić information content (AvgIpc) is 2.51. The fourth-order valence-corrected chi connectivity index (χ4v) is 2.40. The van der Waals surface area contributed by atoms with Crippen molar-refractivity contribution >= 4 is 5.91 Å². The molecule has 1 amide bonds. The zero-order valence-corrected chi connectivity index (χ0v) is 10.2. The highest BCUT2D eigenvalue weighted by atomic mass is 16.2. The Morgan fingerprint density at radius 2 is 1.93 bits per heavy atom. The Bertz CT molecular complexity index is 220. The average molecular weight is 212 g/mol. The lowest BCUT2D eigenvalue weighted by Gasteiger charge is -2.25. The van der Waals surface area contributed by atoms with E-state index in [2.05, 4.69) is 12.2 Å². The van der Waals surface area contributed by atoms with Crippen LogP contribution in [0.4, 0.5) is 0 Å².